The number of ether oxygens (including phenoxy) is 1. The van der Waals surface area contributed by atoms with Gasteiger partial charge in [-0.15, -0.1) is 21.5 Å². The summed E-state index contributed by atoms with van der Waals surface area (Å²) in [4.78, 5) is 17.7. The highest BCUT2D eigenvalue weighted by Crippen LogP contribution is 2.27. The first-order valence-electron chi connectivity index (χ1n) is 10.2. The number of rotatable bonds is 10. The minimum Gasteiger partial charge on any atom is -0.487 e. The number of thioether (sulfide) groups is 1. The number of hydrogen-bond acceptors (Lipinski definition) is 7. The van der Waals surface area contributed by atoms with E-state index in [9.17, 15) is 4.79 Å². The van der Waals surface area contributed by atoms with Crippen LogP contribution in [0.3, 0.4) is 0 Å². The number of carbonyl (C=O) groups excluding carboxylic acids is 1. The highest BCUT2D eigenvalue weighted by molar-refractivity contribution is 7.99. The van der Waals surface area contributed by atoms with Gasteiger partial charge in [-0.05, 0) is 48.2 Å². The van der Waals surface area contributed by atoms with Crippen molar-refractivity contribution in [2.24, 2.45) is 0 Å². The van der Waals surface area contributed by atoms with Gasteiger partial charge in [0.15, 0.2) is 11.0 Å². The van der Waals surface area contributed by atoms with Crippen LogP contribution in [0.25, 0.3) is 10.7 Å². The van der Waals surface area contributed by atoms with E-state index >= 15 is 0 Å². The molecule has 0 unspecified atom stereocenters. The van der Waals surface area contributed by atoms with Gasteiger partial charge in [0.1, 0.15) is 12.4 Å². The Bertz CT molecular complexity index is 1150. The Labute approximate surface area is 194 Å². The third-order valence-corrected chi connectivity index (χ3v) is 6.44. The molecule has 7 nitrogen and oxygen atoms in total. The van der Waals surface area contributed by atoms with Crippen LogP contribution in [-0.2, 0) is 24.5 Å². The summed E-state index contributed by atoms with van der Waals surface area (Å²) in [6.07, 6.45) is 1.74. The Kier molecular flexibility index (Phi) is 7.52. The minimum absolute atomic E-state index is 0.0573. The molecule has 9 heteroatoms. The first-order valence-corrected chi connectivity index (χ1v) is 12.1. The van der Waals surface area contributed by atoms with Crippen molar-refractivity contribution in [2.75, 3.05) is 5.75 Å². The van der Waals surface area contributed by atoms with Crippen molar-refractivity contribution < 1.29 is 9.53 Å². The highest BCUT2D eigenvalue weighted by atomic mass is 32.2. The van der Waals surface area contributed by atoms with Gasteiger partial charge < -0.3 is 14.6 Å². The predicted molar refractivity (Wildman–Crippen MR) is 127 cm³/mol. The average Bonchev–Trinajstić information content (AvgIpc) is 3.50. The summed E-state index contributed by atoms with van der Waals surface area (Å²) in [5, 5.41) is 14.3. The normalized spacial score (nSPS) is 10.8. The molecule has 1 aromatic carbocycles. The van der Waals surface area contributed by atoms with Crippen LogP contribution in [0.5, 0.6) is 5.75 Å². The number of pyridine rings is 1. The van der Waals surface area contributed by atoms with Crippen molar-refractivity contribution in [3.05, 3.63) is 77.4 Å². The molecule has 4 rings (SSSR count). The molecular formula is C23H23N5O2S2. The lowest BCUT2D eigenvalue weighted by Crippen LogP contribution is -2.24. The largest absolute Gasteiger partial charge is 0.487 e. The Morgan fingerprint density at radius 2 is 2.09 bits per heavy atom. The van der Waals surface area contributed by atoms with Gasteiger partial charge in [-0.2, -0.15) is 0 Å². The van der Waals surface area contributed by atoms with Gasteiger partial charge in [-0.1, -0.05) is 36.0 Å². The second-order valence-corrected chi connectivity index (χ2v) is 8.74. The Balaban J connectivity index is 1.27. The molecule has 0 radical (unpaired) electrons. The molecular weight excluding hydrogens is 442 g/mol. The van der Waals surface area contributed by atoms with Crippen LogP contribution in [0.2, 0.25) is 0 Å². The second-order valence-electron chi connectivity index (χ2n) is 6.85. The molecule has 1 N–H and O–H groups in total. The van der Waals surface area contributed by atoms with Crippen LogP contribution in [0, 0.1) is 0 Å². The SMILES string of the molecule is CCn1c(SCC(=O)NCc2cccc(OCc3ccccn3)c2)nnc1-c1cccs1. The summed E-state index contributed by atoms with van der Waals surface area (Å²) >= 11 is 3.02. The van der Waals surface area contributed by atoms with Crippen LogP contribution in [0.1, 0.15) is 18.2 Å². The van der Waals surface area contributed by atoms with E-state index in [1.165, 1.54) is 11.8 Å². The summed E-state index contributed by atoms with van der Waals surface area (Å²) in [6, 6.07) is 17.4. The lowest BCUT2D eigenvalue weighted by molar-refractivity contribution is -0.118. The summed E-state index contributed by atoms with van der Waals surface area (Å²) in [5.74, 6) is 1.80. The van der Waals surface area contributed by atoms with Crippen molar-refractivity contribution in [2.45, 2.75) is 31.8 Å². The smallest absolute Gasteiger partial charge is 0.230 e. The topological polar surface area (TPSA) is 81.9 Å². The van der Waals surface area contributed by atoms with E-state index < -0.39 is 0 Å². The zero-order valence-electron chi connectivity index (χ0n) is 17.6. The van der Waals surface area contributed by atoms with Gasteiger partial charge >= 0.3 is 0 Å². The van der Waals surface area contributed by atoms with E-state index in [1.54, 1.807) is 17.5 Å². The molecule has 4 aromatic rings. The molecule has 0 atom stereocenters. The van der Waals surface area contributed by atoms with Gasteiger partial charge in [-0.25, -0.2) is 0 Å². The molecule has 0 fully saturated rings. The molecule has 164 valence electrons. The maximum atomic E-state index is 12.4. The third kappa shape index (κ3) is 5.74. The Hall–Kier alpha value is -3.17. The van der Waals surface area contributed by atoms with Crippen LogP contribution >= 0.6 is 23.1 Å². The standard InChI is InChI=1S/C23H23N5O2S2/c1-2-28-22(20-10-6-12-31-20)26-27-23(28)32-16-21(29)25-14-17-7-5-9-19(13-17)30-15-18-8-3-4-11-24-18/h3-13H,2,14-16H2,1H3,(H,25,29). The summed E-state index contributed by atoms with van der Waals surface area (Å²) in [6.45, 7) is 3.63. The lowest BCUT2D eigenvalue weighted by Gasteiger charge is -2.09. The molecule has 3 aromatic heterocycles. The molecule has 0 aliphatic carbocycles. The fraction of sp³-hybridized carbons (Fsp3) is 0.217. The van der Waals surface area contributed by atoms with Crippen molar-refractivity contribution in [3.8, 4) is 16.5 Å². The van der Waals surface area contributed by atoms with Gasteiger partial charge in [0.2, 0.25) is 5.91 Å². The summed E-state index contributed by atoms with van der Waals surface area (Å²) < 4.78 is 7.84. The van der Waals surface area contributed by atoms with Gasteiger partial charge in [0.05, 0.1) is 16.3 Å². The number of nitrogens with one attached hydrogen (secondary N) is 1. The molecule has 0 aliphatic rings. The van der Waals surface area contributed by atoms with E-state index in [0.29, 0.717) is 13.2 Å². The van der Waals surface area contributed by atoms with Gasteiger partial charge in [0.25, 0.3) is 0 Å². The highest BCUT2D eigenvalue weighted by Gasteiger charge is 2.15. The van der Waals surface area contributed by atoms with Gasteiger partial charge in [-0.3, -0.25) is 9.78 Å². The summed E-state index contributed by atoms with van der Waals surface area (Å²) in [5.41, 5.74) is 1.84. The van der Waals surface area contributed by atoms with E-state index in [4.69, 9.17) is 4.74 Å². The summed E-state index contributed by atoms with van der Waals surface area (Å²) in [7, 11) is 0. The van der Waals surface area contributed by atoms with Crippen LogP contribution in [-0.4, -0.2) is 31.4 Å². The third-order valence-electron chi connectivity index (χ3n) is 4.61. The zero-order chi connectivity index (χ0) is 22.2. The molecule has 0 aliphatic heterocycles. The number of carbonyl (C=O) groups is 1. The maximum Gasteiger partial charge on any atom is 0.230 e. The monoisotopic (exact) mass is 465 g/mol. The van der Waals surface area contributed by atoms with Crippen molar-refractivity contribution in [3.63, 3.8) is 0 Å². The molecule has 1 amide bonds. The first-order chi connectivity index (χ1) is 15.7. The maximum absolute atomic E-state index is 12.4. The number of nitrogens with zero attached hydrogens (tertiary/aromatic N) is 4. The van der Waals surface area contributed by atoms with Crippen molar-refractivity contribution in [1.82, 2.24) is 25.1 Å². The van der Waals surface area contributed by atoms with Crippen LogP contribution in [0.4, 0.5) is 0 Å². The minimum atomic E-state index is -0.0573. The van der Waals surface area contributed by atoms with E-state index in [2.05, 4.69) is 20.5 Å². The predicted octanol–water partition coefficient (Wildman–Crippen LogP) is 4.41. The quantitative estimate of drug-likeness (QED) is 0.350. The van der Waals surface area contributed by atoms with Crippen molar-refractivity contribution >= 4 is 29.0 Å². The molecule has 32 heavy (non-hydrogen) atoms. The zero-order valence-corrected chi connectivity index (χ0v) is 19.2. The van der Waals surface area contributed by atoms with Crippen LogP contribution in [0.15, 0.2) is 71.3 Å². The molecule has 0 saturated heterocycles. The number of benzene rings is 1. The fourth-order valence-electron chi connectivity index (χ4n) is 3.04. The average molecular weight is 466 g/mol. The Morgan fingerprint density at radius 3 is 2.88 bits per heavy atom. The number of thiophene rings is 1. The Morgan fingerprint density at radius 1 is 1.16 bits per heavy atom. The molecule has 0 bridgehead atoms. The molecule has 0 spiro atoms. The van der Waals surface area contributed by atoms with E-state index in [0.717, 1.165) is 39.4 Å². The lowest BCUT2D eigenvalue weighted by atomic mass is 10.2. The second kappa shape index (κ2) is 10.9. The van der Waals surface area contributed by atoms with Gasteiger partial charge in [0, 0.05) is 19.3 Å². The number of amides is 1. The molecule has 3 heterocycles. The van der Waals surface area contributed by atoms with E-state index in [-0.39, 0.29) is 11.7 Å². The fourth-order valence-corrected chi connectivity index (χ4v) is 4.59. The van der Waals surface area contributed by atoms with Crippen LogP contribution < -0.4 is 10.1 Å². The van der Waals surface area contributed by atoms with Crippen molar-refractivity contribution in [1.29, 1.82) is 0 Å². The first kappa shape index (κ1) is 22.0. The number of aromatic nitrogens is 4. The number of hydrogen-bond donors (Lipinski definition) is 1. The molecule has 0 saturated carbocycles. The van der Waals surface area contributed by atoms with E-state index in [1.807, 2.05) is 71.5 Å².